The molecule has 1 N–H and O–H groups in total. The normalized spacial score (nSPS) is 17.0. The molecular formula is C13H20N2O2. The van der Waals surface area contributed by atoms with Crippen molar-refractivity contribution in [1.29, 1.82) is 0 Å². The van der Waals surface area contributed by atoms with Crippen LogP contribution in [-0.2, 0) is 0 Å². The van der Waals surface area contributed by atoms with E-state index < -0.39 is 0 Å². The van der Waals surface area contributed by atoms with Crippen LogP contribution in [0.5, 0.6) is 0 Å². The van der Waals surface area contributed by atoms with Gasteiger partial charge in [-0.05, 0) is 44.5 Å². The molecule has 0 unspecified atom stereocenters. The highest BCUT2D eigenvalue weighted by molar-refractivity contribution is 5.91. The van der Waals surface area contributed by atoms with E-state index in [4.69, 9.17) is 4.42 Å². The molecule has 1 aromatic rings. The number of nitrogens with zero attached hydrogens (tertiary/aromatic N) is 1. The van der Waals surface area contributed by atoms with E-state index in [1.54, 1.807) is 18.4 Å². The third kappa shape index (κ3) is 2.88. The molecule has 0 radical (unpaired) electrons. The van der Waals surface area contributed by atoms with Gasteiger partial charge in [0.2, 0.25) is 0 Å². The zero-order chi connectivity index (χ0) is 12.1. The molecule has 0 spiro atoms. The molecule has 4 nitrogen and oxygen atoms in total. The first-order valence-electron chi connectivity index (χ1n) is 6.38. The highest BCUT2D eigenvalue weighted by Crippen LogP contribution is 2.16. The van der Waals surface area contributed by atoms with Crippen molar-refractivity contribution >= 4 is 5.91 Å². The summed E-state index contributed by atoms with van der Waals surface area (Å²) in [4.78, 5) is 14.3. The predicted octanol–water partition coefficient (Wildman–Crippen LogP) is 1.88. The maximum absolute atomic E-state index is 12.3. The minimum atomic E-state index is 0.0313. The molecule has 0 aromatic carbocycles. The SMILES string of the molecule is CCCN(C(=O)c1ccco1)C1CCNCC1. The summed E-state index contributed by atoms with van der Waals surface area (Å²) >= 11 is 0. The Morgan fingerprint density at radius 1 is 1.53 bits per heavy atom. The van der Waals surface area contributed by atoms with Gasteiger partial charge in [-0.25, -0.2) is 0 Å². The minimum Gasteiger partial charge on any atom is -0.459 e. The molecule has 17 heavy (non-hydrogen) atoms. The van der Waals surface area contributed by atoms with Crippen LogP contribution in [0.25, 0.3) is 0 Å². The van der Waals surface area contributed by atoms with Gasteiger partial charge in [-0.2, -0.15) is 0 Å². The van der Waals surface area contributed by atoms with Crippen LogP contribution in [-0.4, -0.2) is 36.5 Å². The van der Waals surface area contributed by atoms with Crippen LogP contribution < -0.4 is 5.32 Å². The van der Waals surface area contributed by atoms with Crippen molar-refractivity contribution in [2.24, 2.45) is 0 Å². The molecule has 2 heterocycles. The number of rotatable bonds is 4. The molecular weight excluding hydrogens is 216 g/mol. The molecule has 0 saturated carbocycles. The molecule has 1 aliphatic heterocycles. The van der Waals surface area contributed by atoms with E-state index in [1.807, 2.05) is 4.90 Å². The van der Waals surface area contributed by atoms with E-state index in [1.165, 1.54) is 0 Å². The van der Waals surface area contributed by atoms with Crippen LogP contribution in [0.1, 0.15) is 36.7 Å². The topological polar surface area (TPSA) is 45.5 Å². The molecule has 2 rings (SSSR count). The number of nitrogens with one attached hydrogen (secondary N) is 1. The Labute approximate surface area is 102 Å². The summed E-state index contributed by atoms with van der Waals surface area (Å²) in [5.41, 5.74) is 0. The maximum Gasteiger partial charge on any atom is 0.289 e. The van der Waals surface area contributed by atoms with Gasteiger partial charge in [0.15, 0.2) is 5.76 Å². The monoisotopic (exact) mass is 236 g/mol. The van der Waals surface area contributed by atoms with E-state index in [9.17, 15) is 4.79 Å². The number of hydrogen-bond donors (Lipinski definition) is 1. The van der Waals surface area contributed by atoms with Crippen LogP contribution in [0, 0.1) is 0 Å². The van der Waals surface area contributed by atoms with Gasteiger partial charge in [-0.3, -0.25) is 4.79 Å². The zero-order valence-electron chi connectivity index (χ0n) is 10.3. The molecule has 0 aliphatic carbocycles. The summed E-state index contributed by atoms with van der Waals surface area (Å²) in [5.74, 6) is 0.487. The molecule has 0 atom stereocenters. The molecule has 1 aliphatic rings. The number of furan rings is 1. The van der Waals surface area contributed by atoms with Crippen LogP contribution >= 0.6 is 0 Å². The smallest absolute Gasteiger partial charge is 0.289 e. The molecule has 0 bridgehead atoms. The lowest BCUT2D eigenvalue weighted by Gasteiger charge is -2.34. The summed E-state index contributed by atoms with van der Waals surface area (Å²) in [6.07, 6.45) is 4.61. The fourth-order valence-corrected chi connectivity index (χ4v) is 2.35. The Balaban J connectivity index is 2.07. The average molecular weight is 236 g/mol. The summed E-state index contributed by atoms with van der Waals surface area (Å²) in [6.45, 7) is 4.90. The highest BCUT2D eigenvalue weighted by atomic mass is 16.3. The summed E-state index contributed by atoms with van der Waals surface area (Å²) < 4.78 is 5.21. The first-order valence-corrected chi connectivity index (χ1v) is 6.38. The lowest BCUT2D eigenvalue weighted by atomic mass is 10.0. The minimum absolute atomic E-state index is 0.0313. The van der Waals surface area contributed by atoms with Crippen molar-refractivity contribution in [2.75, 3.05) is 19.6 Å². The zero-order valence-corrected chi connectivity index (χ0v) is 10.3. The first kappa shape index (κ1) is 12.2. The van der Waals surface area contributed by atoms with Gasteiger partial charge >= 0.3 is 0 Å². The third-order valence-electron chi connectivity index (χ3n) is 3.21. The quantitative estimate of drug-likeness (QED) is 0.868. The Morgan fingerprint density at radius 3 is 2.88 bits per heavy atom. The van der Waals surface area contributed by atoms with E-state index in [0.717, 1.165) is 38.9 Å². The number of carbonyl (C=O) groups is 1. The predicted molar refractivity (Wildman–Crippen MR) is 65.9 cm³/mol. The molecule has 1 saturated heterocycles. The number of hydrogen-bond acceptors (Lipinski definition) is 3. The second kappa shape index (κ2) is 5.87. The van der Waals surface area contributed by atoms with E-state index in [2.05, 4.69) is 12.2 Å². The van der Waals surface area contributed by atoms with Gasteiger partial charge in [0.25, 0.3) is 5.91 Å². The number of carbonyl (C=O) groups excluding carboxylic acids is 1. The van der Waals surface area contributed by atoms with Gasteiger partial charge in [0.1, 0.15) is 0 Å². The van der Waals surface area contributed by atoms with Crippen LogP contribution in [0.4, 0.5) is 0 Å². The standard InChI is InChI=1S/C13H20N2O2/c1-2-9-15(11-5-7-14-8-6-11)13(16)12-4-3-10-17-12/h3-4,10-11,14H,2,5-9H2,1H3. The van der Waals surface area contributed by atoms with Crippen molar-refractivity contribution in [3.63, 3.8) is 0 Å². The fraction of sp³-hybridized carbons (Fsp3) is 0.615. The summed E-state index contributed by atoms with van der Waals surface area (Å²) in [6, 6.07) is 3.86. The molecule has 1 amide bonds. The van der Waals surface area contributed by atoms with Gasteiger partial charge in [0, 0.05) is 12.6 Å². The second-order valence-corrected chi connectivity index (χ2v) is 4.46. The van der Waals surface area contributed by atoms with Gasteiger partial charge < -0.3 is 14.6 Å². The Morgan fingerprint density at radius 2 is 2.29 bits per heavy atom. The molecule has 1 aromatic heterocycles. The van der Waals surface area contributed by atoms with Crippen LogP contribution in [0.2, 0.25) is 0 Å². The number of amides is 1. The molecule has 4 heteroatoms. The third-order valence-corrected chi connectivity index (χ3v) is 3.21. The Hall–Kier alpha value is -1.29. The largest absolute Gasteiger partial charge is 0.459 e. The average Bonchev–Trinajstić information content (AvgIpc) is 2.90. The lowest BCUT2D eigenvalue weighted by Crippen LogP contribution is -2.46. The second-order valence-electron chi connectivity index (χ2n) is 4.46. The molecule has 94 valence electrons. The number of piperidine rings is 1. The fourth-order valence-electron chi connectivity index (χ4n) is 2.35. The van der Waals surface area contributed by atoms with Crippen molar-refractivity contribution in [1.82, 2.24) is 10.2 Å². The first-order chi connectivity index (χ1) is 8.33. The Bertz CT molecular complexity index is 342. The van der Waals surface area contributed by atoms with Crippen molar-refractivity contribution in [3.05, 3.63) is 24.2 Å². The van der Waals surface area contributed by atoms with Gasteiger partial charge in [0.05, 0.1) is 6.26 Å². The van der Waals surface area contributed by atoms with Crippen molar-refractivity contribution in [2.45, 2.75) is 32.2 Å². The van der Waals surface area contributed by atoms with Crippen LogP contribution in [0.15, 0.2) is 22.8 Å². The van der Waals surface area contributed by atoms with Crippen LogP contribution in [0.3, 0.4) is 0 Å². The van der Waals surface area contributed by atoms with E-state index >= 15 is 0 Å². The van der Waals surface area contributed by atoms with E-state index in [0.29, 0.717) is 11.8 Å². The summed E-state index contributed by atoms with van der Waals surface area (Å²) in [5, 5.41) is 3.32. The van der Waals surface area contributed by atoms with Gasteiger partial charge in [-0.1, -0.05) is 6.92 Å². The van der Waals surface area contributed by atoms with E-state index in [-0.39, 0.29) is 5.91 Å². The highest BCUT2D eigenvalue weighted by Gasteiger charge is 2.26. The molecule has 1 fully saturated rings. The Kier molecular flexibility index (Phi) is 4.20. The van der Waals surface area contributed by atoms with Crippen molar-refractivity contribution < 1.29 is 9.21 Å². The summed E-state index contributed by atoms with van der Waals surface area (Å²) in [7, 11) is 0. The van der Waals surface area contributed by atoms with Crippen molar-refractivity contribution in [3.8, 4) is 0 Å². The maximum atomic E-state index is 12.3. The lowest BCUT2D eigenvalue weighted by molar-refractivity contribution is 0.0610. The van der Waals surface area contributed by atoms with Gasteiger partial charge in [-0.15, -0.1) is 0 Å².